The van der Waals surface area contributed by atoms with E-state index >= 15 is 0 Å². The number of ether oxygens (including phenoxy) is 1. The number of rotatable bonds is 4. The maximum atomic E-state index is 11.5. The smallest absolute Gasteiger partial charge is 0.333 e. The van der Waals surface area contributed by atoms with E-state index in [1.807, 2.05) is 13.0 Å². The number of likely N-dealkylation sites (tertiary alicyclic amines) is 1. The van der Waals surface area contributed by atoms with Crippen molar-refractivity contribution >= 4 is 11.9 Å². The Morgan fingerprint density at radius 2 is 2.30 bits per heavy atom. The number of nitrogens with one attached hydrogen (secondary N) is 1. The van der Waals surface area contributed by atoms with Gasteiger partial charge in [0.15, 0.2) is 0 Å². The summed E-state index contributed by atoms with van der Waals surface area (Å²) in [6.45, 7) is 4.72. The number of methoxy groups -OCH3 is 1. The molecule has 2 aliphatic heterocycles. The first-order valence-corrected chi connectivity index (χ1v) is 7.43. The van der Waals surface area contributed by atoms with Gasteiger partial charge >= 0.3 is 5.97 Å². The van der Waals surface area contributed by atoms with Crippen molar-refractivity contribution in [3.05, 3.63) is 11.6 Å². The maximum absolute atomic E-state index is 11.5. The van der Waals surface area contributed by atoms with Crippen LogP contribution in [0.4, 0.5) is 0 Å². The molecule has 0 saturated carbocycles. The predicted octanol–water partition coefficient (Wildman–Crippen LogP) is 1.10. The van der Waals surface area contributed by atoms with Gasteiger partial charge in [-0.05, 0) is 25.2 Å². The molecular formula is C15H24N2O3. The summed E-state index contributed by atoms with van der Waals surface area (Å²) < 4.78 is 4.77. The highest BCUT2D eigenvalue weighted by atomic mass is 16.5. The van der Waals surface area contributed by atoms with Gasteiger partial charge in [0.05, 0.1) is 7.11 Å². The molecule has 5 heteroatoms. The number of nitrogens with zero attached hydrogens (tertiary/aromatic N) is 1. The van der Waals surface area contributed by atoms with Gasteiger partial charge in [0.1, 0.15) is 0 Å². The lowest BCUT2D eigenvalue weighted by Gasteiger charge is -2.41. The third-order valence-corrected chi connectivity index (χ3v) is 4.33. The Morgan fingerprint density at radius 3 is 3.00 bits per heavy atom. The Balaban J connectivity index is 1.87. The molecule has 2 unspecified atom stereocenters. The van der Waals surface area contributed by atoms with Crippen LogP contribution in [-0.4, -0.2) is 49.6 Å². The van der Waals surface area contributed by atoms with Gasteiger partial charge in [0.25, 0.3) is 0 Å². The number of esters is 1. The van der Waals surface area contributed by atoms with Crippen molar-refractivity contribution in [3.8, 4) is 0 Å². The lowest BCUT2D eigenvalue weighted by Crippen LogP contribution is -2.53. The quantitative estimate of drug-likeness (QED) is 0.619. The van der Waals surface area contributed by atoms with Crippen molar-refractivity contribution in [3.63, 3.8) is 0 Å². The molecule has 2 aliphatic rings. The van der Waals surface area contributed by atoms with Gasteiger partial charge < -0.3 is 10.1 Å². The zero-order valence-corrected chi connectivity index (χ0v) is 12.4. The summed E-state index contributed by atoms with van der Waals surface area (Å²) in [5, 5.41) is 3.09. The Hall–Kier alpha value is -1.36. The van der Waals surface area contributed by atoms with Gasteiger partial charge in [-0.3, -0.25) is 9.69 Å². The van der Waals surface area contributed by atoms with E-state index in [2.05, 4.69) is 10.2 Å². The maximum Gasteiger partial charge on any atom is 0.333 e. The highest BCUT2D eigenvalue weighted by Crippen LogP contribution is 2.25. The topological polar surface area (TPSA) is 58.6 Å². The Morgan fingerprint density at radius 1 is 1.50 bits per heavy atom. The zero-order valence-electron chi connectivity index (χ0n) is 12.4. The molecule has 0 aromatic rings. The summed E-state index contributed by atoms with van der Waals surface area (Å²) in [5.41, 5.74) is 0.742. The van der Waals surface area contributed by atoms with Crippen LogP contribution < -0.4 is 5.32 Å². The largest absolute Gasteiger partial charge is 0.466 e. The van der Waals surface area contributed by atoms with Gasteiger partial charge in [-0.15, -0.1) is 0 Å². The van der Waals surface area contributed by atoms with Gasteiger partial charge in [0, 0.05) is 37.7 Å². The third kappa shape index (κ3) is 3.60. The highest BCUT2D eigenvalue weighted by molar-refractivity contribution is 5.88. The Kier molecular flexibility index (Phi) is 5.17. The average molecular weight is 280 g/mol. The van der Waals surface area contributed by atoms with Crippen LogP contribution in [0, 0.1) is 5.92 Å². The van der Waals surface area contributed by atoms with Crippen LogP contribution in [0.5, 0.6) is 0 Å². The van der Waals surface area contributed by atoms with E-state index in [1.165, 1.54) is 7.11 Å². The Bertz CT molecular complexity index is 406. The van der Waals surface area contributed by atoms with Gasteiger partial charge in [-0.25, -0.2) is 4.79 Å². The molecule has 0 bridgehead atoms. The first kappa shape index (κ1) is 15.0. The fraction of sp³-hybridized carbons (Fsp3) is 0.733. The lowest BCUT2D eigenvalue weighted by molar-refractivity contribution is -0.136. The fourth-order valence-corrected chi connectivity index (χ4v) is 3.09. The molecule has 1 amide bonds. The zero-order chi connectivity index (χ0) is 14.5. The van der Waals surface area contributed by atoms with E-state index in [9.17, 15) is 9.59 Å². The van der Waals surface area contributed by atoms with Crippen molar-refractivity contribution in [1.82, 2.24) is 10.2 Å². The molecule has 2 atom stereocenters. The molecule has 2 saturated heterocycles. The van der Waals surface area contributed by atoms with Crippen molar-refractivity contribution in [2.45, 2.75) is 38.6 Å². The standard InChI is InChI=1S/C15H24N2O3/c1-3-11(15(19)20-2)6-8-17-9-7-13-12(10-17)4-5-14(18)16-13/h6,12-13H,3-5,7-10H2,1-2H3,(H,16,18). The second-order valence-electron chi connectivity index (χ2n) is 5.60. The van der Waals surface area contributed by atoms with Crippen LogP contribution >= 0.6 is 0 Å². The molecule has 0 radical (unpaired) electrons. The summed E-state index contributed by atoms with van der Waals surface area (Å²) in [6, 6.07) is 0.350. The second-order valence-corrected chi connectivity index (χ2v) is 5.60. The molecule has 0 aliphatic carbocycles. The first-order valence-electron chi connectivity index (χ1n) is 7.43. The predicted molar refractivity (Wildman–Crippen MR) is 76.1 cm³/mol. The van der Waals surface area contributed by atoms with Crippen molar-refractivity contribution in [1.29, 1.82) is 0 Å². The molecule has 2 rings (SSSR count). The number of fused-ring (bicyclic) bond motifs is 1. The first-order chi connectivity index (χ1) is 9.63. The molecule has 20 heavy (non-hydrogen) atoms. The van der Waals surface area contributed by atoms with E-state index in [1.54, 1.807) is 0 Å². The van der Waals surface area contributed by atoms with Crippen molar-refractivity contribution in [2.24, 2.45) is 5.92 Å². The monoisotopic (exact) mass is 280 g/mol. The normalized spacial score (nSPS) is 27.7. The van der Waals surface area contributed by atoms with Crippen LogP contribution in [0.3, 0.4) is 0 Å². The van der Waals surface area contributed by atoms with Crippen LogP contribution in [0.25, 0.3) is 0 Å². The molecule has 112 valence electrons. The molecule has 2 fully saturated rings. The van der Waals surface area contributed by atoms with E-state index in [0.717, 1.165) is 38.0 Å². The van der Waals surface area contributed by atoms with Crippen LogP contribution in [0.1, 0.15) is 32.6 Å². The highest BCUT2D eigenvalue weighted by Gasteiger charge is 2.33. The minimum Gasteiger partial charge on any atom is -0.466 e. The van der Waals surface area contributed by atoms with Gasteiger partial charge in [0.2, 0.25) is 5.91 Å². The minimum absolute atomic E-state index is 0.193. The average Bonchev–Trinajstić information content (AvgIpc) is 2.47. The summed E-state index contributed by atoms with van der Waals surface area (Å²) in [7, 11) is 1.42. The number of amides is 1. The van der Waals surface area contributed by atoms with Crippen LogP contribution in [0.2, 0.25) is 0 Å². The van der Waals surface area contributed by atoms with Gasteiger partial charge in [-0.2, -0.15) is 0 Å². The Labute approximate surface area is 120 Å². The van der Waals surface area contributed by atoms with Crippen LogP contribution in [0.15, 0.2) is 11.6 Å². The second kappa shape index (κ2) is 6.88. The summed E-state index contributed by atoms with van der Waals surface area (Å²) in [5.74, 6) is 0.518. The van der Waals surface area contributed by atoms with Crippen LogP contribution in [-0.2, 0) is 14.3 Å². The molecule has 0 aromatic heterocycles. The number of carbonyl (C=O) groups excluding carboxylic acids is 2. The number of carbonyl (C=O) groups is 2. The van der Waals surface area contributed by atoms with Crippen molar-refractivity contribution in [2.75, 3.05) is 26.7 Å². The van der Waals surface area contributed by atoms with E-state index in [4.69, 9.17) is 4.74 Å². The van der Waals surface area contributed by atoms with Crippen molar-refractivity contribution < 1.29 is 14.3 Å². The van der Waals surface area contributed by atoms with E-state index in [-0.39, 0.29) is 11.9 Å². The number of hydrogen-bond donors (Lipinski definition) is 1. The fourth-order valence-electron chi connectivity index (χ4n) is 3.09. The number of hydrogen-bond acceptors (Lipinski definition) is 4. The molecule has 5 nitrogen and oxygen atoms in total. The molecule has 1 N–H and O–H groups in total. The summed E-state index contributed by atoms with van der Waals surface area (Å²) in [4.78, 5) is 25.3. The SMILES string of the molecule is CCC(=CCN1CCC2NC(=O)CCC2C1)C(=O)OC. The van der Waals surface area contributed by atoms with E-state index < -0.39 is 0 Å². The number of piperidine rings is 2. The molecule has 2 heterocycles. The van der Waals surface area contributed by atoms with E-state index in [0.29, 0.717) is 24.8 Å². The van der Waals surface area contributed by atoms with Gasteiger partial charge in [-0.1, -0.05) is 13.0 Å². The third-order valence-electron chi connectivity index (χ3n) is 4.33. The molecule has 0 aromatic carbocycles. The summed E-state index contributed by atoms with van der Waals surface area (Å²) >= 11 is 0. The molecular weight excluding hydrogens is 256 g/mol. The minimum atomic E-state index is -0.229. The summed E-state index contributed by atoms with van der Waals surface area (Å²) in [6.07, 6.45) is 5.31. The lowest BCUT2D eigenvalue weighted by atomic mass is 9.85. The molecule has 0 spiro atoms.